The molecule has 2 unspecified atom stereocenters. The minimum atomic E-state index is -0.941. The lowest BCUT2D eigenvalue weighted by Crippen LogP contribution is -2.51. The molecular weight excluding hydrogens is 196 g/mol. The number of rotatable bonds is 2. The lowest BCUT2D eigenvalue weighted by atomic mass is 9.82. The summed E-state index contributed by atoms with van der Waals surface area (Å²) in [5, 5.41) is 0. The summed E-state index contributed by atoms with van der Waals surface area (Å²) in [4.78, 5) is 1.93. The molecule has 2 heterocycles. The van der Waals surface area contributed by atoms with Crippen molar-refractivity contribution in [2.45, 2.75) is 24.9 Å². The third kappa shape index (κ3) is 1.29. The summed E-state index contributed by atoms with van der Waals surface area (Å²) in [7, 11) is 0. The van der Waals surface area contributed by atoms with Gasteiger partial charge in [-0.2, -0.15) is 0 Å². The van der Waals surface area contributed by atoms with Gasteiger partial charge in [0, 0.05) is 19.0 Å². The molecule has 1 aliphatic carbocycles. The van der Waals surface area contributed by atoms with E-state index in [1.165, 1.54) is 0 Å². The maximum Gasteiger partial charge on any atom is 0.125 e. The van der Waals surface area contributed by atoms with Crippen molar-refractivity contribution < 1.29 is 8.78 Å². The third-order valence-corrected chi connectivity index (χ3v) is 3.57. The summed E-state index contributed by atoms with van der Waals surface area (Å²) in [5.74, 6) is -0.362. The standard InChI is InChI=1S/C12H13F2N/c13-10-9-7-15(12(10)11(9)14)6-8-4-2-1-3-5-8/h1-5,9-12H,6-7H2/t9?,10-,11+,12?. The summed E-state index contributed by atoms with van der Waals surface area (Å²) in [6, 6.07) is 9.37. The summed E-state index contributed by atoms with van der Waals surface area (Å²) in [6.07, 6.45) is -1.88. The molecule has 1 saturated carbocycles. The Morgan fingerprint density at radius 1 is 1.13 bits per heavy atom. The van der Waals surface area contributed by atoms with E-state index in [-0.39, 0.29) is 5.92 Å². The number of alkyl halides is 2. The second kappa shape index (κ2) is 3.27. The first-order valence-electron chi connectivity index (χ1n) is 5.33. The monoisotopic (exact) mass is 209 g/mol. The summed E-state index contributed by atoms with van der Waals surface area (Å²) < 4.78 is 26.6. The number of halogens is 2. The quantitative estimate of drug-likeness (QED) is 0.721. The molecule has 80 valence electrons. The van der Waals surface area contributed by atoms with Crippen molar-refractivity contribution in [1.29, 1.82) is 0 Å². The third-order valence-electron chi connectivity index (χ3n) is 3.57. The highest BCUT2D eigenvalue weighted by Gasteiger charge is 2.61. The Labute approximate surface area is 87.7 Å². The van der Waals surface area contributed by atoms with Crippen LogP contribution in [0.3, 0.4) is 0 Å². The highest BCUT2D eigenvalue weighted by Crippen LogP contribution is 2.45. The Bertz CT molecular complexity index is 344. The van der Waals surface area contributed by atoms with Crippen molar-refractivity contribution in [3.63, 3.8) is 0 Å². The molecule has 2 saturated heterocycles. The molecule has 2 bridgehead atoms. The van der Waals surface area contributed by atoms with Crippen LogP contribution in [0.1, 0.15) is 5.56 Å². The molecule has 0 amide bonds. The summed E-state index contributed by atoms with van der Waals surface area (Å²) >= 11 is 0. The van der Waals surface area contributed by atoms with E-state index in [0.717, 1.165) is 5.56 Å². The molecule has 3 aliphatic rings. The van der Waals surface area contributed by atoms with Crippen LogP contribution in [0, 0.1) is 5.92 Å². The van der Waals surface area contributed by atoms with Gasteiger partial charge in [-0.1, -0.05) is 30.3 Å². The van der Waals surface area contributed by atoms with Crippen LogP contribution in [0.4, 0.5) is 8.78 Å². The maximum absolute atomic E-state index is 13.3. The highest BCUT2D eigenvalue weighted by atomic mass is 19.2. The highest BCUT2D eigenvalue weighted by molar-refractivity contribution is 5.18. The molecular formula is C12H13F2N. The lowest BCUT2D eigenvalue weighted by Gasteiger charge is -2.34. The first-order chi connectivity index (χ1) is 7.27. The number of hydrogen-bond donors (Lipinski definition) is 0. The van der Waals surface area contributed by atoms with E-state index in [1.54, 1.807) is 0 Å². The first-order valence-corrected chi connectivity index (χ1v) is 5.33. The van der Waals surface area contributed by atoms with Gasteiger partial charge in [-0.25, -0.2) is 8.78 Å². The molecule has 0 radical (unpaired) electrons. The van der Waals surface area contributed by atoms with Crippen LogP contribution in [0.15, 0.2) is 30.3 Å². The van der Waals surface area contributed by atoms with Gasteiger partial charge in [-0.3, -0.25) is 4.90 Å². The maximum atomic E-state index is 13.3. The molecule has 2 aliphatic heterocycles. The fourth-order valence-corrected chi connectivity index (χ4v) is 2.70. The van der Waals surface area contributed by atoms with Gasteiger partial charge in [0.25, 0.3) is 0 Å². The first kappa shape index (κ1) is 9.28. The van der Waals surface area contributed by atoms with Gasteiger partial charge >= 0.3 is 0 Å². The molecule has 1 aromatic rings. The summed E-state index contributed by atoms with van der Waals surface area (Å²) in [5.41, 5.74) is 1.13. The van der Waals surface area contributed by atoms with E-state index in [4.69, 9.17) is 0 Å². The van der Waals surface area contributed by atoms with Crippen LogP contribution in [0.2, 0.25) is 0 Å². The van der Waals surface area contributed by atoms with E-state index in [2.05, 4.69) is 0 Å². The SMILES string of the molecule is F[C@@H]1C2CN(Cc3ccccc3)C1[C@H]2F. The number of benzene rings is 1. The van der Waals surface area contributed by atoms with Crippen LogP contribution < -0.4 is 0 Å². The van der Waals surface area contributed by atoms with Gasteiger partial charge in [0.1, 0.15) is 12.3 Å². The van der Waals surface area contributed by atoms with Crippen LogP contribution in [-0.2, 0) is 6.54 Å². The predicted octanol–water partition coefficient (Wildman–Crippen LogP) is 2.18. The molecule has 1 aromatic carbocycles. The zero-order valence-corrected chi connectivity index (χ0v) is 8.31. The Morgan fingerprint density at radius 2 is 1.80 bits per heavy atom. The predicted molar refractivity (Wildman–Crippen MR) is 53.9 cm³/mol. The van der Waals surface area contributed by atoms with Crippen LogP contribution in [-0.4, -0.2) is 29.8 Å². The molecule has 4 atom stereocenters. The molecule has 3 fully saturated rings. The number of fused-ring (bicyclic) bond motifs is 1. The number of hydrogen-bond acceptors (Lipinski definition) is 1. The summed E-state index contributed by atoms with van der Waals surface area (Å²) in [6.45, 7) is 1.24. The lowest BCUT2D eigenvalue weighted by molar-refractivity contribution is 0.00320. The van der Waals surface area contributed by atoms with Crippen LogP contribution in [0.25, 0.3) is 0 Å². The number of nitrogens with zero attached hydrogens (tertiary/aromatic N) is 1. The second-order valence-electron chi connectivity index (χ2n) is 4.46. The fourth-order valence-electron chi connectivity index (χ4n) is 2.70. The Hall–Kier alpha value is -0.960. The Morgan fingerprint density at radius 3 is 2.33 bits per heavy atom. The average Bonchev–Trinajstić information content (AvgIpc) is 2.75. The molecule has 0 aromatic heterocycles. The van der Waals surface area contributed by atoms with E-state index in [0.29, 0.717) is 13.1 Å². The normalized spacial score (nSPS) is 39.1. The van der Waals surface area contributed by atoms with Gasteiger partial charge in [0.2, 0.25) is 0 Å². The minimum Gasteiger partial charge on any atom is -0.290 e. The Kier molecular flexibility index (Phi) is 2.02. The molecule has 1 nitrogen and oxygen atoms in total. The molecule has 4 rings (SSSR count). The van der Waals surface area contributed by atoms with Gasteiger partial charge in [0.15, 0.2) is 0 Å². The smallest absolute Gasteiger partial charge is 0.125 e. The van der Waals surface area contributed by atoms with E-state index in [9.17, 15) is 8.78 Å². The van der Waals surface area contributed by atoms with Gasteiger partial charge in [-0.05, 0) is 5.56 Å². The second-order valence-corrected chi connectivity index (χ2v) is 4.46. The average molecular weight is 209 g/mol. The van der Waals surface area contributed by atoms with Crippen molar-refractivity contribution in [3.05, 3.63) is 35.9 Å². The zero-order valence-electron chi connectivity index (χ0n) is 8.31. The van der Waals surface area contributed by atoms with Gasteiger partial charge in [0.05, 0.1) is 6.04 Å². The van der Waals surface area contributed by atoms with Crippen LogP contribution >= 0.6 is 0 Å². The van der Waals surface area contributed by atoms with Gasteiger partial charge < -0.3 is 0 Å². The van der Waals surface area contributed by atoms with E-state index >= 15 is 0 Å². The fraction of sp³-hybridized carbons (Fsp3) is 0.500. The van der Waals surface area contributed by atoms with Gasteiger partial charge in [-0.15, -0.1) is 0 Å². The molecule has 0 N–H and O–H groups in total. The van der Waals surface area contributed by atoms with Crippen LogP contribution in [0.5, 0.6) is 0 Å². The minimum absolute atomic E-state index is 0.362. The van der Waals surface area contributed by atoms with Crippen molar-refractivity contribution in [2.24, 2.45) is 5.92 Å². The van der Waals surface area contributed by atoms with Crippen molar-refractivity contribution in [1.82, 2.24) is 4.90 Å². The van der Waals surface area contributed by atoms with Crippen molar-refractivity contribution >= 4 is 0 Å². The topological polar surface area (TPSA) is 3.24 Å². The van der Waals surface area contributed by atoms with E-state index < -0.39 is 18.4 Å². The Balaban J connectivity index is 1.71. The van der Waals surface area contributed by atoms with Crippen molar-refractivity contribution in [3.8, 4) is 0 Å². The van der Waals surface area contributed by atoms with Crippen molar-refractivity contribution in [2.75, 3.05) is 6.54 Å². The zero-order chi connectivity index (χ0) is 10.4. The largest absolute Gasteiger partial charge is 0.290 e. The molecule has 15 heavy (non-hydrogen) atoms. The molecule has 3 heteroatoms. The molecule has 0 spiro atoms. The van der Waals surface area contributed by atoms with E-state index in [1.807, 2.05) is 35.2 Å².